The lowest BCUT2D eigenvalue weighted by Gasteiger charge is -1.93. The zero-order chi connectivity index (χ0) is 10.8. The quantitative estimate of drug-likeness (QED) is 0.612. The maximum absolute atomic E-state index is 11.0. The minimum absolute atomic E-state index is 0.187. The van der Waals surface area contributed by atoms with E-state index in [2.05, 4.69) is 16.9 Å². The highest BCUT2D eigenvalue weighted by atomic mass is 35.5. The van der Waals surface area contributed by atoms with Crippen LogP contribution in [0.1, 0.15) is 28.6 Å². The Bertz CT molecular complexity index is 509. The number of aldehydes is 1. The van der Waals surface area contributed by atoms with Crippen LogP contribution in [0, 0.1) is 0 Å². The average Bonchev–Trinajstić information content (AvgIpc) is 2.55. The van der Waals surface area contributed by atoms with E-state index in [4.69, 9.17) is 11.6 Å². The number of aromatic nitrogens is 2. The van der Waals surface area contributed by atoms with E-state index in [0.29, 0.717) is 11.1 Å². The summed E-state index contributed by atoms with van der Waals surface area (Å²) in [5.41, 5.74) is 1.35. The number of nitrogens with zero attached hydrogens (tertiary/aromatic N) is 2. The smallest absolute Gasteiger partial charge is 0.222 e. The molecule has 0 aliphatic rings. The number of thiophene rings is 1. The van der Waals surface area contributed by atoms with E-state index < -0.39 is 0 Å². The molecule has 0 fully saturated rings. The molecule has 0 bridgehead atoms. The van der Waals surface area contributed by atoms with Gasteiger partial charge in [0.05, 0.1) is 15.8 Å². The zero-order valence-corrected chi connectivity index (χ0v) is 9.73. The first-order chi connectivity index (χ1) is 7.26. The third-order valence-corrected chi connectivity index (χ3v) is 3.48. The van der Waals surface area contributed by atoms with Crippen molar-refractivity contribution in [2.45, 2.75) is 19.8 Å². The lowest BCUT2D eigenvalue weighted by molar-refractivity contribution is 0.112. The molecule has 2 rings (SSSR count). The Kier molecular flexibility index (Phi) is 2.98. The van der Waals surface area contributed by atoms with Gasteiger partial charge in [0, 0.05) is 11.1 Å². The maximum atomic E-state index is 11.0. The molecular formula is C10H9ClN2OS. The van der Waals surface area contributed by atoms with Crippen molar-refractivity contribution in [3.05, 3.63) is 21.9 Å². The summed E-state index contributed by atoms with van der Waals surface area (Å²) < 4.78 is 0.921. The summed E-state index contributed by atoms with van der Waals surface area (Å²) >= 11 is 7.27. The number of fused-ring (bicyclic) bond motifs is 1. The van der Waals surface area contributed by atoms with E-state index in [9.17, 15) is 4.79 Å². The standard InChI is InChI=1S/C10H9ClN2OS/c1-2-3-7-6(5-14)9-8(15-7)4-12-10(11)13-9/h4-5H,2-3H2,1H3. The van der Waals surface area contributed by atoms with Gasteiger partial charge >= 0.3 is 0 Å². The Balaban J connectivity index is 2.68. The van der Waals surface area contributed by atoms with Crippen molar-refractivity contribution in [2.24, 2.45) is 0 Å². The van der Waals surface area contributed by atoms with Crippen molar-refractivity contribution >= 4 is 39.4 Å². The molecular weight excluding hydrogens is 232 g/mol. The molecule has 0 aliphatic carbocycles. The van der Waals surface area contributed by atoms with Crippen LogP contribution in [0.3, 0.4) is 0 Å². The van der Waals surface area contributed by atoms with Crippen LogP contribution in [-0.2, 0) is 6.42 Å². The molecule has 0 unspecified atom stereocenters. The molecule has 2 heterocycles. The van der Waals surface area contributed by atoms with Crippen molar-refractivity contribution < 1.29 is 4.79 Å². The number of hydrogen-bond donors (Lipinski definition) is 0. The number of rotatable bonds is 3. The molecule has 0 amide bonds. The molecule has 3 nitrogen and oxygen atoms in total. The maximum Gasteiger partial charge on any atom is 0.222 e. The Morgan fingerprint density at radius 2 is 2.40 bits per heavy atom. The predicted molar refractivity (Wildman–Crippen MR) is 61.8 cm³/mol. The first-order valence-corrected chi connectivity index (χ1v) is 5.84. The predicted octanol–water partition coefficient (Wildman–Crippen LogP) is 3.11. The van der Waals surface area contributed by atoms with Crippen LogP contribution in [0.4, 0.5) is 0 Å². The molecule has 0 N–H and O–H groups in total. The van der Waals surface area contributed by atoms with E-state index in [1.165, 1.54) is 0 Å². The SMILES string of the molecule is CCCc1sc2cnc(Cl)nc2c1C=O. The Morgan fingerprint density at radius 1 is 1.60 bits per heavy atom. The summed E-state index contributed by atoms with van der Waals surface area (Å²) in [5, 5.41) is 0.187. The van der Waals surface area contributed by atoms with Crippen LogP contribution in [0.15, 0.2) is 6.20 Å². The number of carbonyl (C=O) groups is 1. The highest BCUT2D eigenvalue weighted by molar-refractivity contribution is 7.19. The fourth-order valence-corrected chi connectivity index (χ4v) is 2.79. The van der Waals surface area contributed by atoms with Crippen molar-refractivity contribution in [3.63, 3.8) is 0 Å². The second-order valence-electron chi connectivity index (χ2n) is 3.16. The minimum atomic E-state index is 0.187. The van der Waals surface area contributed by atoms with Crippen molar-refractivity contribution in [1.29, 1.82) is 0 Å². The molecule has 0 atom stereocenters. The normalized spacial score (nSPS) is 10.8. The molecule has 0 radical (unpaired) electrons. The van der Waals surface area contributed by atoms with Gasteiger partial charge in [0.2, 0.25) is 5.28 Å². The summed E-state index contributed by atoms with van der Waals surface area (Å²) in [6, 6.07) is 0. The molecule has 5 heteroatoms. The highest BCUT2D eigenvalue weighted by Gasteiger charge is 2.12. The van der Waals surface area contributed by atoms with Gasteiger partial charge in [0.15, 0.2) is 6.29 Å². The average molecular weight is 241 g/mol. The fraction of sp³-hybridized carbons (Fsp3) is 0.300. The summed E-state index contributed by atoms with van der Waals surface area (Å²) in [4.78, 5) is 20.0. The highest BCUT2D eigenvalue weighted by Crippen LogP contribution is 2.29. The first-order valence-electron chi connectivity index (χ1n) is 4.65. The third kappa shape index (κ3) is 1.87. The molecule has 15 heavy (non-hydrogen) atoms. The van der Waals surface area contributed by atoms with E-state index >= 15 is 0 Å². The topological polar surface area (TPSA) is 42.9 Å². The second-order valence-corrected chi connectivity index (χ2v) is 4.63. The first kappa shape index (κ1) is 10.5. The third-order valence-electron chi connectivity index (χ3n) is 2.11. The van der Waals surface area contributed by atoms with Gasteiger partial charge < -0.3 is 0 Å². The van der Waals surface area contributed by atoms with Crippen LogP contribution >= 0.6 is 22.9 Å². The lowest BCUT2D eigenvalue weighted by Crippen LogP contribution is -1.88. The van der Waals surface area contributed by atoms with E-state index in [1.807, 2.05) is 0 Å². The van der Waals surface area contributed by atoms with Crippen LogP contribution < -0.4 is 0 Å². The Hall–Kier alpha value is -1.00. The molecule has 0 saturated carbocycles. The van der Waals surface area contributed by atoms with Gasteiger partial charge in [-0.15, -0.1) is 11.3 Å². The fourth-order valence-electron chi connectivity index (χ4n) is 1.47. The summed E-state index contributed by atoms with van der Waals surface area (Å²) in [6.45, 7) is 2.08. The van der Waals surface area contributed by atoms with E-state index in [1.54, 1.807) is 17.5 Å². The van der Waals surface area contributed by atoms with Gasteiger partial charge in [0.1, 0.15) is 0 Å². The number of aryl methyl sites for hydroxylation is 1. The monoisotopic (exact) mass is 240 g/mol. The van der Waals surface area contributed by atoms with Crippen LogP contribution in [-0.4, -0.2) is 16.3 Å². The zero-order valence-electron chi connectivity index (χ0n) is 8.16. The molecule has 2 aromatic rings. The molecule has 78 valence electrons. The number of carbonyl (C=O) groups excluding carboxylic acids is 1. The van der Waals surface area contributed by atoms with Gasteiger partial charge in [0.25, 0.3) is 0 Å². The van der Waals surface area contributed by atoms with E-state index in [-0.39, 0.29) is 5.28 Å². The lowest BCUT2D eigenvalue weighted by atomic mass is 10.2. The van der Waals surface area contributed by atoms with Gasteiger partial charge in [-0.05, 0) is 18.0 Å². The summed E-state index contributed by atoms with van der Waals surface area (Å²) in [5.74, 6) is 0. The number of hydrogen-bond acceptors (Lipinski definition) is 4. The molecule has 0 aromatic carbocycles. The molecule has 0 saturated heterocycles. The van der Waals surface area contributed by atoms with Crippen molar-refractivity contribution in [1.82, 2.24) is 9.97 Å². The largest absolute Gasteiger partial charge is 0.298 e. The van der Waals surface area contributed by atoms with Crippen molar-refractivity contribution in [2.75, 3.05) is 0 Å². The van der Waals surface area contributed by atoms with Gasteiger partial charge in [-0.1, -0.05) is 13.3 Å². The summed E-state index contributed by atoms with van der Waals surface area (Å²) in [7, 11) is 0. The van der Waals surface area contributed by atoms with Gasteiger partial charge in [-0.3, -0.25) is 4.79 Å². The van der Waals surface area contributed by atoms with E-state index in [0.717, 1.165) is 28.7 Å². The molecule has 2 aromatic heterocycles. The Labute approximate surface area is 96.1 Å². The molecule has 0 aliphatic heterocycles. The number of halogens is 1. The van der Waals surface area contributed by atoms with Crippen LogP contribution in [0.25, 0.3) is 10.2 Å². The van der Waals surface area contributed by atoms with Crippen LogP contribution in [0.5, 0.6) is 0 Å². The second kappa shape index (κ2) is 4.24. The molecule has 0 spiro atoms. The Morgan fingerprint density at radius 3 is 3.07 bits per heavy atom. The van der Waals surface area contributed by atoms with Crippen molar-refractivity contribution in [3.8, 4) is 0 Å². The minimum Gasteiger partial charge on any atom is -0.298 e. The van der Waals surface area contributed by atoms with Crippen LogP contribution in [0.2, 0.25) is 5.28 Å². The van der Waals surface area contributed by atoms with Gasteiger partial charge in [-0.25, -0.2) is 9.97 Å². The van der Waals surface area contributed by atoms with Gasteiger partial charge in [-0.2, -0.15) is 0 Å². The summed E-state index contributed by atoms with van der Waals surface area (Å²) in [6.07, 6.45) is 4.43.